The standard InChI is InChI=1S/C12H19N3O4S/c1-4-14-12(16)8(2)15-20(17,18)9-5-6-11(19-3)10(13)7-9/h5-8,15H,4,13H2,1-3H3,(H,14,16). The molecule has 7 nitrogen and oxygen atoms in total. The van der Waals surface area contributed by atoms with Gasteiger partial charge in [0.2, 0.25) is 15.9 Å². The van der Waals surface area contributed by atoms with Crippen LogP contribution in [0.2, 0.25) is 0 Å². The van der Waals surface area contributed by atoms with Crippen LogP contribution in [-0.4, -0.2) is 34.0 Å². The lowest BCUT2D eigenvalue weighted by molar-refractivity contribution is -0.122. The van der Waals surface area contributed by atoms with Crippen molar-refractivity contribution in [3.63, 3.8) is 0 Å². The number of hydrogen-bond acceptors (Lipinski definition) is 5. The van der Waals surface area contributed by atoms with E-state index in [0.717, 1.165) is 0 Å². The third-order valence-corrected chi connectivity index (χ3v) is 4.13. The Morgan fingerprint density at radius 1 is 1.45 bits per heavy atom. The van der Waals surface area contributed by atoms with Crippen LogP contribution >= 0.6 is 0 Å². The maximum Gasteiger partial charge on any atom is 0.241 e. The molecule has 1 unspecified atom stereocenters. The van der Waals surface area contributed by atoms with E-state index in [9.17, 15) is 13.2 Å². The fraction of sp³-hybridized carbons (Fsp3) is 0.417. The van der Waals surface area contributed by atoms with Gasteiger partial charge in [-0.05, 0) is 32.0 Å². The number of likely N-dealkylation sites (N-methyl/N-ethyl adjacent to an activating group) is 1. The van der Waals surface area contributed by atoms with E-state index < -0.39 is 22.0 Å². The molecule has 0 saturated heterocycles. The van der Waals surface area contributed by atoms with Crippen molar-refractivity contribution in [3.05, 3.63) is 18.2 Å². The highest BCUT2D eigenvalue weighted by atomic mass is 32.2. The summed E-state index contributed by atoms with van der Waals surface area (Å²) in [6, 6.07) is 3.23. The van der Waals surface area contributed by atoms with Crippen LogP contribution in [0, 0.1) is 0 Å². The summed E-state index contributed by atoms with van der Waals surface area (Å²) in [5.74, 6) is -0.00159. The van der Waals surface area contributed by atoms with Gasteiger partial charge >= 0.3 is 0 Å². The van der Waals surface area contributed by atoms with E-state index >= 15 is 0 Å². The molecule has 0 fully saturated rings. The molecule has 0 aromatic heterocycles. The number of carbonyl (C=O) groups excluding carboxylic acids is 1. The van der Waals surface area contributed by atoms with Crippen LogP contribution in [0.5, 0.6) is 5.75 Å². The average molecular weight is 301 g/mol. The number of rotatable bonds is 6. The van der Waals surface area contributed by atoms with Crippen molar-refractivity contribution in [2.24, 2.45) is 0 Å². The first-order valence-electron chi connectivity index (χ1n) is 6.05. The molecule has 1 rings (SSSR count). The Bertz CT molecular complexity index is 586. The maximum atomic E-state index is 12.1. The fourth-order valence-corrected chi connectivity index (χ4v) is 2.80. The second-order valence-electron chi connectivity index (χ2n) is 4.14. The summed E-state index contributed by atoms with van der Waals surface area (Å²) in [5.41, 5.74) is 5.88. The molecule has 1 aromatic rings. The lowest BCUT2D eigenvalue weighted by atomic mass is 10.3. The van der Waals surface area contributed by atoms with Crippen LogP contribution in [0.3, 0.4) is 0 Å². The van der Waals surface area contributed by atoms with E-state index in [1.165, 1.54) is 32.2 Å². The number of hydrogen-bond donors (Lipinski definition) is 3. The molecule has 4 N–H and O–H groups in total. The van der Waals surface area contributed by atoms with Gasteiger partial charge in [0, 0.05) is 6.54 Å². The number of nitrogen functional groups attached to an aromatic ring is 1. The molecule has 1 atom stereocenters. The van der Waals surface area contributed by atoms with Crippen molar-refractivity contribution < 1.29 is 17.9 Å². The summed E-state index contributed by atoms with van der Waals surface area (Å²) in [4.78, 5) is 11.5. The highest BCUT2D eigenvalue weighted by Crippen LogP contribution is 2.24. The summed E-state index contributed by atoms with van der Waals surface area (Å²) >= 11 is 0. The molecule has 20 heavy (non-hydrogen) atoms. The van der Waals surface area contributed by atoms with Gasteiger partial charge < -0.3 is 15.8 Å². The van der Waals surface area contributed by atoms with Gasteiger partial charge in [0.1, 0.15) is 5.75 Å². The Morgan fingerprint density at radius 2 is 2.10 bits per heavy atom. The molecule has 0 aliphatic rings. The molecule has 8 heteroatoms. The molecule has 0 spiro atoms. The van der Waals surface area contributed by atoms with Gasteiger partial charge in [0.15, 0.2) is 0 Å². The number of amides is 1. The molecule has 0 heterocycles. The zero-order valence-electron chi connectivity index (χ0n) is 11.6. The minimum absolute atomic E-state index is 0.0213. The summed E-state index contributed by atoms with van der Waals surface area (Å²) in [6.45, 7) is 3.65. The van der Waals surface area contributed by atoms with Crippen molar-refractivity contribution >= 4 is 21.6 Å². The Hall–Kier alpha value is -1.80. The quantitative estimate of drug-likeness (QED) is 0.644. The number of benzene rings is 1. The van der Waals surface area contributed by atoms with Crippen molar-refractivity contribution in [2.75, 3.05) is 19.4 Å². The number of methoxy groups -OCH3 is 1. The van der Waals surface area contributed by atoms with Crippen LogP contribution in [0.25, 0.3) is 0 Å². The molecule has 0 saturated carbocycles. The molecule has 1 aromatic carbocycles. The van der Waals surface area contributed by atoms with Gasteiger partial charge in [0.05, 0.1) is 23.7 Å². The van der Waals surface area contributed by atoms with Crippen LogP contribution in [0.4, 0.5) is 5.69 Å². The lowest BCUT2D eigenvalue weighted by Crippen LogP contribution is -2.44. The Labute approximate surface area is 118 Å². The third kappa shape index (κ3) is 3.84. The number of nitrogens with one attached hydrogen (secondary N) is 2. The van der Waals surface area contributed by atoms with Gasteiger partial charge in [0.25, 0.3) is 0 Å². The van der Waals surface area contributed by atoms with Crippen LogP contribution < -0.4 is 20.5 Å². The smallest absolute Gasteiger partial charge is 0.241 e. The largest absolute Gasteiger partial charge is 0.495 e. The monoisotopic (exact) mass is 301 g/mol. The average Bonchev–Trinajstić information content (AvgIpc) is 2.38. The summed E-state index contributed by atoms with van der Waals surface area (Å²) < 4.78 is 31.5. The van der Waals surface area contributed by atoms with E-state index in [-0.39, 0.29) is 10.6 Å². The highest BCUT2D eigenvalue weighted by Gasteiger charge is 2.22. The second kappa shape index (κ2) is 6.58. The van der Waals surface area contributed by atoms with Crippen LogP contribution in [0.15, 0.2) is 23.1 Å². The van der Waals surface area contributed by atoms with Gasteiger partial charge in [-0.15, -0.1) is 0 Å². The van der Waals surface area contributed by atoms with Crippen LogP contribution in [-0.2, 0) is 14.8 Å². The van der Waals surface area contributed by atoms with Gasteiger partial charge in [-0.1, -0.05) is 0 Å². The van der Waals surface area contributed by atoms with E-state index in [4.69, 9.17) is 10.5 Å². The Balaban J connectivity index is 2.94. The first kappa shape index (κ1) is 16.3. The van der Waals surface area contributed by atoms with E-state index in [0.29, 0.717) is 12.3 Å². The van der Waals surface area contributed by atoms with E-state index in [2.05, 4.69) is 10.0 Å². The molecule has 0 radical (unpaired) electrons. The molecule has 112 valence electrons. The first-order valence-corrected chi connectivity index (χ1v) is 7.53. The molecular weight excluding hydrogens is 282 g/mol. The van der Waals surface area contributed by atoms with Crippen molar-refractivity contribution in [1.82, 2.24) is 10.0 Å². The molecule has 1 amide bonds. The molecule has 0 bridgehead atoms. The van der Waals surface area contributed by atoms with Crippen LogP contribution in [0.1, 0.15) is 13.8 Å². The van der Waals surface area contributed by atoms with Gasteiger partial charge in [-0.3, -0.25) is 4.79 Å². The topological polar surface area (TPSA) is 111 Å². The zero-order valence-corrected chi connectivity index (χ0v) is 12.5. The number of anilines is 1. The first-order chi connectivity index (χ1) is 9.31. The maximum absolute atomic E-state index is 12.1. The number of sulfonamides is 1. The predicted molar refractivity (Wildman–Crippen MR) is 75.9 cm³/mol. The van der Waals surface area contributed by atoms with Gasteiger partial charge in [-0.25, -0.2) is 8.42 Å². The normalized spacial score (nSPS) is 12.8. The molecular formula is C12H19N3O4S. The predicted octanol–water partition coefficient (Wildman–Crippen LogP) is 0.0803. The fourth-order valence-electron chi connectivity index (χ4n) is 1.56. The number of ether oxygens (including phenoxy) is 1. The third-order valence-electron chi connectivity index (χ3n) is 2.59. The lowest BCUT2D eigenvalue weighted by Gasteiger charge is -2.14. The highest BCUT2D eigenvalue weighted by molar-refractivity contribution is 7.89. The Kier molecular flexibility index (Phi) is 5.34. The minimum Gasteiger partial charge on any atom is -0.495 e. The van der Waals surface area contributed by atoms with Crippen molar-refractivity contribution in [3.8, 4) is 5.75 Å². The Morgan fingerprint density at radius 3 is 2.60 bits per heavy atom. The minimum atomic E-state index is -3.82. The second-order valence-corrected chi connectivity index (χ2v) is 5.86. The summed E-state index contributed by atoms with van der Waals surface area (Å²) in [6.07, 6.45) is 0. The molecule has 0 aliphatic carbocycles. The van der Waals surface area contributed by atoms with Crippen molar-refractivity contribution in [1.29, 1.82) is 0 Å². The molecule has 0 aliphatic heterocycles. The van der Waals surface area contributed by atoms with Gasteiger partial charge in [-0.2, -0.15) is 4.72 Å². The SMILES string of the molecule is CCNC(=O)C(C)NS(=O)(=O)c1ccc(OC)c(N)c1. The summed E-state index contributed by atoms with van der Waals surface area (Å²) in [7, 11) is -2.38. The zero-order chi connectivity index (χ0) is 15.3. The number of nitrogens with two attached hydrogens (primary N) is 1. The van der Waals surface area contributed by atoms with Crippen molar-refractivity contribution in [2.45, 2.75) is 24.8 Å². The summed E-state index contributed by atoms with van der Waals surface area (Å²) in [5, 5.41) is 2.54. The number of carbonyl (C=O) groups is 1. The van der Waals surface area contributed by atoms with E-state index in [1.54, 1.807) is 6.92 Å². The van der Waals surface area contributed by atoms with E-state index in [1.807, 2.05) is 0 Å².